The number of hydrogen-bond donors (Lipinski definition) is 1. The standard InChI is InChI=1S/C11H17NO2/c1-2-11(12)14-9-8-13-10-6-4-3-5-7-10/h3-7,11H,2,8-9,12H2,1H3. The predicted molar refractivity (Wildman–Crippen MR) is 56.2 cm³/mol. The van der Waals surface area contributed by atoms with E-state index in [-0.39, 0.29) is 6.23 Å². The Balaban J connectivity index is 2.10. The molecule has 1 unspecified atom stereocenters. The second-order valence-electron chi connectivity index (χ2n) is 2.98. The van der Waals surface area contributed by atoms with Gasteiger partial charge in [-0.3, -0.25) is 0 Å². The number of para-hydroxylation sites is 1. The van der Waals surface area contributed by atoms with Crippen molar-refractivity contribution in [3.8, 4) is 5.75 Å². The summed E-state index contributed by atoms with van der Waals surface area (Å²) in [5.74, 6) is 0.862. The molecule has 0 fully saturated rings. The third-order valence-electron chi connectivity index (χ3n) is 1.83. The maximum absolute atomic E-state index is 5.57. The highest BCUT2D eigenvalue weighted by Gasteiger charge is 1.97. The van der Waals surface area contributed by atoms with Crippen molar-refractivity contribution in [3.63, 3.8) is 0 Å². The van der Waals surface area contributed by atoms with Crippen molar-refractivity contribution in [2.45, 2.75) is 19.6 Å². The smallest absolute Gasteiger partial charge is 0.119 e. The van der Waals surface area contributed by atoms with Crippen molar-refractivity contribution in [1.82, 2.24) is 0 Å². The summed E-state index contributed by atoms with van der Waals surface area (Å²) in [5, 5.41) is 0. The summed E-state index contributed by atoms with van der Waals surface area (Å²) < 4.78 is 10.7. The van der Waals surface area contributed by atoms with Crippen LogP contribution in [0.1, 0.15) is 13.3 Å². The highest BCUT2D eigenvalue weighted by Crippen LogP contribution is 2.07. The summed E-state index contributed by atoms with van der Waals surface area (Å²) in [7, 11) is 0. The first-order chi connectivity index (χ1) is 6.83. The summed E-state index contributed by atoms with van der Waals surface area (Å²) in [6.07, 6.45) is 0.653. The molecule has 0 spiro atoms. The first-order valence-corrected chi connectivity index (χ1v) is 4.88. The quantitative estimate of drug-likeness (QED) is 0.556. The Morgan fingerprint density at radius 2 is 1.93 bits per heavy atom. The number of ether oxygens (including phenoxy) is 2. The van der Waals surface area contributed by atoms with Crippen molar-refractivity contribution < 1.29 is 9.47 Å². The van der Waals surface area contributed by atoms with Crippen LogP contribution in [0.5, 0.6) is 5.75 Å². The zero-order valence-corrected chi connectivity index (χ0v) is 8.48. The lowest BCUT2D eigenvalue weighted by Crippen LogP contribution is -2.24. The van der Waals surface area contributed by atoms with E-state index in [1.807, 2.05) is 37.3 Å². The van der Waals surface area contributed by atoms with Gasteiger partial charge in [-0.2, -0.15) is 0 Å². The molecule has 14 heavy (non-hydrogen) atoms. The highest BCUT2D eigenvalue weighted by atomic mass is 16.5. The molecule has 2 N–H and O–H groups in total. The van der Waals surface area contributed by atoms with E-state index in [9.17, 15) is 0 Å². The summed E-state index contributed by atoms with van der Waals surface area (Å²) in [6, 6.07) is 9.66. The average molecular weight is 195 g/mol. The lowest BCUT2D eigenvalue weighted by atomic mass is 10.3. The van der Waals surface area contributed by atoms with Crippen molar-refractivity contribution in [2.75, 3.05) is 13.2 Å². The van der Waals surface area contributed by atoms with Crippen LogP contribution < -0.4 is 10.5 Å². The van der Waals surface area contributed by atoms with Crippen LogP contribution in [0.25, 0.3) is 0 Å². The van der Waals surface area contributed by atoms with Crippen molar-refractivity contribution in [1.29, 1.82) is 0 Å². The lowest BCUT2D eigenvalue weighted by molar-refractivity contribution is 0.0355. The zero-order chi connectivity index (χ0) is 10.2. The second kappa shape index (κ2) is 6.40. The molecule has 1 aromatic rings. The van der Waals surface area contributed by atoms with Gasteiger partial charge in [0.15, 0.2) is 0 Å². The van der Waals surface area contributed by atoms with Gasteiger partial charge in [0.25, 0.3) is 0 Å². The van der Waals surface area contributed by atoms with E-state index in [4.69, 9.17) is 15.2 Å². The fourth-order valence-corrected chi connectivity index (χ4v) is 0.994. The topological polar surface area (TPSA) is 44.5 Å². The number of benzene rings is 1. The molecule has 0 saturated heterocycles. The van der Waals surface area contributed by atoms with Gasteiger partial charge in [-0.15, -0.1) is 0 Å². The molecular weight excluding hydrogens is 178 g/mol. The third-order valence-corrected chi connectivity index (χ3v) is 1.83. The first-order valence-electron chi connectivity index (χ1n) is 4.88. The SMILES string of the molecule is CCC(N)OCCOc1ccccc1. The van der Waals surface area contributed by atoms with Crippen LogP contribution in [-0.2, 0) is 4.74 Å². The molecule has 1 aromatic carbocycles. The molecule has 0 radical (unpaired) electrons. The van der Waals surface area contributed by atoms with Gasteiger partial charge < -0.3 is 15.2 Å². The van der Waals surface area contributed by atoms with Gasteiger partial charge in [0.05, 0.1) is 6.61 Å². The van der Waals surface area contributed by atoms with Crippen LogP contribution in [0, 0.1) is 0 Å². The van der Waals surface area contributed by atoms with Gasteiger partial charge in [-0.25, -0.2) is 0 Å². The van der Waals surface area contributed by atoms with E-state index in [1.165, 1.54) is 0 Å². The summed E-state index contributed by atoms with van der Waals surface area (Å²) in [5.41, 5.74) is 5.57. The molecule has 3 heteroatoms. The lowest BCUT2D eigenvalue weighted by Gasteiger charge is -2.11. The molecule has 0 aliphatic heterocycles. The van der Waals surface area contributed by atoms with Crippen molar-refractivity contribution in [2.24, 2.45) is 5.73 Å². The average Bonchev–Trinajstić information content (AvgIpc) is 2.25. The predicted octanol–water partition coefficient (Wildman–Crippen LogP) is 1.78. The first kappa shape index (κ1) is 11.0. The van der Waals surface area contributed by atoms with Gasteiger partial charge in [0.1, 0.15) is 18.6 Å². The van der Waals surface area contributed by atoms with Crippen LogP contribution in [-0.4, -0.2) is 19.4 Å². The Labute approximate surface area is 84.8 Å². The van der Waals surface area contributed by atoms with Gasteiger partial charge in [0, 0.05) is 0 Å². The molecule has 0 saturated carbocycles. The Kier molecular flexibility index (Phi) is 5.04. The molecule has 1 rings (SSSR count). The van der Waals surface area contributed by atoms with Gasteiger partial charge in [-0.1, -0.05) is 25.1 Å². The van der Waals surface area contributed by atoms with E-state index in [2.05, 4.69) is 0 Å². The number of rotatable bonds is 6. The number of nitrogens with two attached hydrogens (primary N) is 1. The Hall–Kier alpha value is -1.06. The Bertz CT molecular complexity index is 238. The second-order valence-corrected chi connectivity index (χ2v) is 2.98. The number of hydrogen-bond acceptors (Lipinski definition) is 3. The maximum Gasteiger partial charge on any atom is 0.119 e. The van der Waals surface area contributed by atoms with Crippen LogP contribution in [0.15, 0.2) is 30.3 Å². The molecule has 0 bridgehead atoms. The van der Waals surface area contributed by atoms with Crippen LogP contribution in [0.2, 0.25) is 0 Å². The molecular formula is C11H17NO2. The van der Waals surface area contributed by atoms with Gasteiger partial charge in [0.2, 0.25) is 0 Å². The summed E-state index contributed by atoms with van der Waals surface area (Å²) in [4.78, 5) is 0. The van der Waals surface area contributed by atoms with Crippen molar-refractivity contribution in [3.05, 3.63) is 30.3 Å². The highest BCUT2D eigenvalue weighted by molar-refractivity contribution is 5.20. The third kappa shape index (κ3) is 4.25. The monoisotopic (exact) mass is 195 g/mol. The molecule has 0 amide bonds. The minimum absolute atomic E-state index is 0.172. The fraction of sp³-hybridized carbons (Fsp3) is 0.455. The zero-order valence-electron chi connectivity index (χ0n) is 8.48. The van der Waals surface area contributed by atoms with E-state index in [0.29, 0.717) is 13.2 Å². The van der Waals surface area contributed by atoms with Crippen molar-refractivity contribution >= 4 is 0 Å². The molecule has 0 heterocycles. The summed E-state index contributed by atoms with van der Waals surface area (Å²) in [6.45, 7) is 3.06. The van der Waals surface area contributed by atoms with Crippen LogP contribution >= 0.6 is 0 Å². The van der Waals surface area contributed by atoms with E-state index in [0.717, 1.165) is 12.2 Å². The molecule has 78 valence electrons. The Morgan fingerprint density at radius 1 is 1.21 bits per heavy atom. The minimum Gasteiger partial charge on any atom is -0.491 e. The van der Waals surface area contributed by atoms with E-state index < -0.39 is 0 Å². The largest absolute Gasteiger partial charge is 0.491 e. The summed E-state index contributed by atoms with van der Waals surface area (Å²) >= 11 is 0. The van der Waals surface area contributed by atoms with E-state index in [1.54, 1.807) is 0 Å². The minimum atomic E-state index is -0.172. The molecule has 0 aromatic heterocycles. The maximum atomic E-state index is 5.57. The normalized spacial score (nSPS) is 12.4. The van der Waals surface area contributed by atoms with Gasteiger partial charge in [-0.05, 0) is 18.6 Å². The van der Waals surface area contributed by atoms with Crippen LogP contribution in [0.4, 0.5) is 0 Å². The fourth-order valence-electron chi connectivity index (χ4n) is 0.994. The molecule has 3 nitrogen and oxygen atoms in total. The molecule has 0 aliphatic carbocycles. The van der Waals surface area contributed by atoms with Crippen LogP contribution in [0.3, 0.4) is 0 Å². The Morgan fingerprint density at radius 3 is 2.57 bits per heavy atom. The van der Waals surface area contributed by atoms with Gasteiger partial charge >= 0.3 is 0 Å². The molecule has 1 atom stereocenters. The van der Waals surface area contributed by atoms with E-state index >= 15 is 0 Å². The molecule has 0 aliphatic rings.